The minimum absolute atomic E-state index is 0.0301. The van der Waals surface area contributed by atoms with Crippen molar-refractivity contribution in [1.82, 2.24) is 15.1 Å². The summed E-state index contributed by atoms with van der Waals surface area (Å²) in [4.78, 5) is 22.1. The number of aromatic amines is 1. The van der Waals surface area contributed by atoms with Crippen molar-refractivity contribution in [3.63, 3.8) is 0 Å². The molecule has 6 nitrogen and oxygen atoms in total. The van der Waals surface area contributed by atoms with Crippen LogP contribution in [0.25, 0.3) is 22.2 Å². The fraction of sp³-hybridized carbons (Fsp3) is 0.0800. The fourth-order valence-electron chi connectivity index (χ4n) is 3.75. The number of hydrogen-bond donors (Lipinski definition) is 1. The maximum atomic E-state index is 14.0. The number of anilines is 1. The number of aromatic nitrogens is 3. The van der Waals surface area contributed by atoms with E-state index in [1.807, 2.05) is 42.5 Å². The number of H-pyrrole nitrogens is 1. The molecule has 1 N–H and O–H groups in total. The number of benzene rings is 3. The molecule has 0 spiro atoms. The summed E-state index contributed by atoms with van der Waals surface area (Å²) in [5.74, 6) is -0.661. The maximum Gasteiger partial charge on any atom is 0.233 e. The van der Waals surface area contributed by atoms with Crippen molar-refractivity contribution in [3.05, 3.63) is 101 Å². The van der Waals surface area contributed by atoms with E-state index in [2.05, 4.69) is 15.1 Å². The Kier molecular flexibility index (Phi) is 5.62. The van der Waals surface area contributed by atoms with Crippen molar-refractivity contribution in [3.8, 4) is 11.3 Å². The Morgan fingerprint density at radius 1 is 1.09 bits per heavy atom. The number of carbonyl (C=O) groups excluding carboxylic acids is 1. The summed E-state index contributed by atoms with van der Waals surface area (Å²) in [5.41, 5.74) is 4.21. The zero-order valence-electron chi connectivity index (χ0n) is 17.3. The molecule has 0 saturated carbocycles. The third kappa shape index (κ3) is 4.49. The van der Waals surface area contributed by atoms with E-state index in [0.29, 0.717) is 22.5 Å². The van der Waals surface area contributed by atoms with Gasteiger partial charge in [-0.1, -0.05) is 41.0 Å². The van der Waals surface area contributed by atoms with Crippen LogP contribution in [-0.2, 0) is 17.8 Å². The number of para-hydroxylation sites is 1. The molecule has 3 aromatic carbocycles. The molecule has 0 fully saturated rings. The molecule has 164 valence electrons. The zero-order valence-corrected chi connectivity index (χ0v) is 18.1. The molecule has 0 aliphatic heterocycles. The lowest BCUT2D eigenvalue weighted by molar-refractivity contribution is -0.118. The first-order chi connectivity index (χ1) is 16.1. The van der Waals surface area contributed by atoms with E-state index in [9.17, 15) is 9.18 Å². The van der Waals surface area contributed by atoms with E-state index in [0.717, 1.165) is 16.6 Å². The van der Waals surface area contributed by atoms with Crippen LogP contribution >= 0.6 is 11.6 Å². The van der Waals surface area contributed by atoms with Gasteiger partial charge in [0.1, 0.15) is 11.5 Å². The first kappa shape index (κ1) is 20.9. The monoisotopic (exact) mass is 460 g/mol. The van der Waals surface area contributed by atoms with Crippen LogP contribution in [0.5, 0.6) is 0 Å². The highest BCUT2D eigenvalue weighted by Gasteiger charge is 2.21. The van der Waals surface area contributed by atoms with E-state index in [1.54, 1.807) is 29.6 Å². The molecule has 1 amide bonds. The summed E-state index contributed by atoms with van der Waals surface area (Å²) in [6, 6.07) is 19.1. The third-order valence-electron chi connectivity index (χ3n) is 5.32. The molecule has 0 unspecified atom stereocenters. The van der Waals surface area contributed by atoms with Crippen molar-refractivity contribution >= 4 is 34.2 Å². The number of nitrogens with zero attached hydrogens (tertiary/aromatic N) is 3. The lowest BCUT2D eigenvalue weighted by Crippen LogP contribution is -2.32. The fourth-order valence-corrected chi connectivity index (χ4v) is 3.99. The number of nitrogens with one attached hydrogen (secondary N) is 1. The van der Waals surface area contributed by atoms with Gasteiger partial charge in [0, 0.05) is 16.1 Å². The van der Waals surface area contributed by atoms with Gasteiger partial charge >= 0.3 is 0 Å². The Bertz CT molecular complexity index is 1390. The minimum atomic E-state index is -0.456. The number of carbonyl (C=O) groups is 1. The lowest BCUT2D eigenvalue weighted by Gasteiger charge is -2.23. The van der Waals surface area contributed by atoms with Crippen LogP contribution in [0.1, 0.15) is 11.3 Å². The molecule has 0 saturated heterocycles. The first-order valence-corrected chi connectivity index (χ1v) is 10.6. The van der Waals surface area contributed by atoms with Crippen LogP contribution in [0.4, 0.5) is 10.1 Å². The largest absolute Gasteiger partial charge is 0.356 e. The van der Waals surface area contributed by atoms with Gasteiger partial charge in [-0.25, -0.2) is 9.37 Å². The molecule has 0 bridgehead atoms. The summed E-state index contributed by atoms with van der Waals surface area (Å²) in [6.07, 6.45) is 3.36. The number of halogens is 2. The summed E-state index contributed by atoms with van der Waals surface area (Å²) in [7, 11) is 0. The van der Waals surface area contributed by atoms with E-state index < -0.39 is 5.82 Å². The molecule has 5 rings (SSSR count). The van der Waals surface area contributed by atoms with Crippen LogP contribution < -0.4 is 4.90 Å². The molecule has 5 aromatic rings. The number of rotatable bonds is 6. The summed E-state index contributed by atoms with van der Waals surface area (Å²) < 4.78 is 19.3. The van der Waals surface area contributed by atoms with Crippen LogP contribution in [0.3, 0.4) is 0 Å². The van der Waals surface area contributed by atoms with E-state index in [-0.39, 0.29) is 23.9 Å². The van der Waals surface area contributed by atoms with E-state index in [1.165, 1.54) is 12.1 Å². The van der Waals surface area contributed by atoms with Crippen molar-refractivity contribution in [1.29, 1.82) is 0 Å². The lowest BCUT2D eigenvalue weighted by atomic mass is 10.1. The van der Waals surface area contributed by atoms with Crippen molar-refractivity contribution in [2.75, 3.05) is 4.90 Å². The summed E-state index contributed by atoms with van der Waals surface area (Å²) in [6.45, 7) is 0.148. The van der Waals surface area contributed by atoms with Gasteiger partial charge in [-0.2, -0.15) is 0 Å². The predicted octanol–water partition coefficient (Wildman–Crippen LogP) is 5.79. The second-order valence-electron chi connectivity index (χ2n) is 7.57. The Morgan fingerprint density at radius 3 is 2.67 bits per heavy atom. The molecule has 0 atom stereocenters. The van der Waals surface area contributed by atoms with Crippen LogP contribution in [0.15, 0.2) is 83.8 Å². The van der Waals surface area contributed by atoms with Crippen LogP contribution in [-0.4, -0.2) is 21.0 Å². The average molecular weight is 461 g/mol. The highest BCUT2D eigenvalue weighted by atomic mass is 35.5. The van der Waals surface area contributed by atoms with Gasteiger partial charge in [-0.05, 0) is 53.6 Å². The van der Waals surface area contributed by atoms with Crippen molar-refractivity contribution in [2.45, 2.75) is 13.0 Å². The summed E-state index contributed by atoms with van der Waals surface area (Å²) >= 11 is 6.04. The Balaban J connectivity index is 1.48. The quantitative estimate of drug-likeness (QED) is 0.348. The molecule has 0 aliphatic carbocycles. The minimum Gasteiger partial charge on any atom is -0.356 e. The van der Waals surface area contributed by atoms with Crippen molar-refractivity contribution in [2.24, 2.45) is 0 Å². The molecule has 33 heavy (non-hydrogen) atoms. The first-order valence-electron chi connectivity index (χ1n) is 10.2. The van der Waals surface area contributed by atoms with Crippen molar-refractivity contribution < 1.29 is 13.7 Å². The topological polar surface area (TPSA) is 75.0 Å². The second-order valence-corrected chi connectivity index (χ2v) is 8.01. The van der Waals surface area contributed by atoms with Crippen LogP contribution in [0, 0.1) is 5.82 Å². The Morgan fingerprint density at radius 2 is 1.91 bits per heavy atom. The zero-order chi connectivity index (χ0) is 22.8. The van der Waals surface area contributed by atoms with E-state index in [4.69, 9.17) is 16.1 Å². The van der Waals surface area contributed by atoms with Gasteiger partial charge in [-0.15, -0.1) is 0 Å². The standard InChI is InChI=1S/C25H18ClFN4O2/c26-18-9-16(10-19(27)11-18)14-31(20-7-5-17(6-8-20)23-13-28-15-29-23)25(32)12-22-21-3-1-2-4-24(21)33-30-22/h1-11,13,15H,12,14H2,(H,28,29). The highest BCUT2D eigenvalue weighted by molar-refractivity contribution is 6.30. The van der Waals surface area contributed by atoms with Gasteiger partial charge in [0.15, 0.2) is 5.58 Å². The Labute approximate surface area is 193 Å². The summed E-state index contributed by atoms with van der Waals surface area (Å²) in [5, 5.41) is 5.14. The van der Waals surface area contributed by atoms with Gasteiger partial charge in [-0.3, -0.25) is 4.79 Å². The third-order valence-corrected chi connectivity index (χ3v) is 5.54. The predicted molar refractivity (Wildman–Crippen MR) is 124 cm³/mol. The molecular weight excluding hydrogens is 443 g/mol. The number of imidazole rings is 1. The maximum absolute atomic E-state index is 14.0. The molecular formula is C25H18ClFN4O2. The SMILES string of the molecule is O=C(Cc1noc2ccccc12)N(Cc1cc(F)cc(Cl)c1)c1ccc(-c2cnc[nH]2)cc1. The van der Waals surface area contributed by atoms with Gasteiger partial charge in [0.2, 0.25) is 5.91 Å². The normalized spacial score (nSPS) is 11.1. The number of hydrogen-bond acceptors (Lipinski definition) is 4. The molecule has 2 heterocycles. The second kappa shape index (κ2) is 8.88. The average Bonchev–Trinajstić information content (AvgIpc) is 3.48. The Hall–Kier alpha value is -3.97. The number of fused-ring (bicyclic) bond motifs is 1. The van der Waals surface area contributed by atoms with Crippen LogP contribution in [0.2, 0.25) is 5.02 Å². The molecule has 0 radical (unpaired) electrons. The number of amides is 1. The molecule has 8 heteroatoms. The van der Waals surface area contributed by atoms with Gasteiger partial charge in [0.25, 0.3) is 0 Å². The van der Waals surface area contributed by atoms with Gasteiger partial charge < -0.3 is 14.4 Å². The highest BCUT2D eigenvalue weighted by Crippen LogP contribution is 2.26. The van der Waals surface area contributed by atoms with Gasteiger partial charge in [0.05, 0.1) is 31.2 Å². The molecule has 0 aliphatic rings. The molecule has 2 aromatic heterocycles. The smallest absolute Gasteiger partial charge is 0.233 e. The van der Waals surface area contributed by atoms with E-state index >= 15 is 0 Å².